The van der Waals surface area contributed by atoms with Crippen molar-refractivity contribution >= 4 is 21.8 Å². The Labute approximate surface area is 159 Å². The number of nitrogens with two attached hydrogens (primary N) is 1. The molecule has 2 atom stereocenters. The number of nitriles is 1. The summed E-state index contributed by atoms with van der Waals surface area (Å²) in [5.74, 6) is -0.831. The first-order valence-electron chi connectivity index (χ1n) is 8.23. The first kappa shape index (κ1) is 20.7. The maximum Gasteiger partial charge on any atom is 0.262 e. The molecule has 2 rings (SSSR count). The molecule has 0 heterocycles. The smallest absolute Gasteiger partial charge is 0.262 e. The molecule has 0 aliphatic heterocycles. The maximum atomic E-state index is 14.0. The van der Waals surface area contributed by atoms with Crippen LogP contribution in [0.5, 0.6) is 0 Å². The van der Waals surface area contributed by atoms with E-state index in [-0.39, 0.29) is 12.0 Å². The SMILES string of the molecule is CC(C)(F)C[C@H](N)C(=O)N([C@@H](c1ccc(Br)cc1)C(F)F)C1(C#N)CC1. The second-order valence-corrected chi connectivity index (χ2v) is 8.13. The van der Waals surface area contributed by atoms with Crippen LogP contribution in [0.15, 0.2) is 28.7 Å². The zero-order chi connectivity index (χ0) is 19.7. The van der Waals surface area contributed by atoms with Gasteiger partial charge >= 0.3 is 0 Å². The lowest BCUT2D eigenvalue weighted by atomic mass is 9.97. The highest BCUT2D eigenvalue weighted by Gasteiger charge is 2.56. The molecule has 8 heteroatoms. The lowest BCUT2D eigenvalue weighted by Gasteiger charge is -2.37. The molecule has 1 aliphatic rings. The van der Waals surface area contributed by atoms with Crippen LogP contribution in [0.4, 0.5) is 13.2 Å². The highest BCUT2D eigenvalue weighted by atomic mass is 79.9. The number of benzene rings is 1. The summed E-state index contributed by atoms with van der Waals surface area (Å²) >= 11 is 3.24. The van der Waals surface area contributed by atoms with Gasteiger partial charge in [-0.2, -0.15) is 5.26 Å². The van der Waals surface area contributed by atoms with Crippen LogP contribution in [0.3, 0.4) is 0 Å². The molecule has 1 fully saturated rings. The Kier molecular flexibility index (Phi) is 6.03. The van der Waals surface area contributed by atoms with Gasteiger partial charge in [0.15, 0.2) is 0 Å². The molecule has 0 aromatic heterocycles. The lowest BCUT2D eigenvalue weighted by molar-refractivity contribution is -0.143. The molecule has 26 heavy (non-hydrogen) atoms. The van der Waals surface area contributed by atoms with Gasteiger partial charge in [0.25, 0.3) is 6.43 Å². The Morgan fingerprint density at radius 1 is 1.38 bits per heavy atom. The molecular weight excluding hydrogens is 411 g/mol. The molecule has 1 aromatic carbocycles. The third kappa shape index (κ3) is 4.57. The van der Waals surface area contributed by atoms with Crippen LogP contribution in [0.2, 0.25) is 0 Å². The normalized spacial score (nSPS) is 18.1. The van der Waals surface area contributed by atoms with E-state index in [1.54, 1.807) is 12.1 Å². The van der Waals surface area contributed by atoms with Crippen molar-refractivity contribution in [3.8, 4) is 6.07 Å². The van der Waals surface area contributed by atoms with Gasteiger partial charge in [0.05, 0.1) is 12.1 Å². The van der Waals surface area contributed by atoms with Gasteiger partial charge in [-0.05, 0) is 44.4 Å². The Bertz CT molecular complexity index is 693. The summed E-state index contributed by atoms with van der Waals surface area (Å²) in [6.07, 6.45) is -2.65. The molecule has 1 aliphatic carbocycles. The fraction of sp³-hybridized carbons (Fsp3) is 0.556. The molecule has 1 saturated carbocycles. The average Bonchev–Trinajstić information content (AvgIpc) is 3.32. The molecule has 4 nitrogen and oxygen atoms in total. The van der Waals surface area contributed by atoms with E-state index in [2.05, 4.69) is 15.9 Å². The van der Waals surface area contributed by atoms with Crippen molar-refractivity contribution in [3.63, 3.8) is 0 Å². The number of hydrogen-bond donors (Lipinski definition) is 1. The summed E-state index contributed by atoms with van der Waals surface area (Å²) in [7, 11) is 0. The summed E-state index contributed by atoms with van der Waals surface area (Å²) in [6, 6.07) is 5.17. The Hall–Kier alpha value is -1.59. The van der Waals surface area contributed by atoms with Crippen LogP contribution in [-0.4, -0.2) is 34.5 Å². The third-order valence-corrected chi connectivity index (χ3v) is 4.91. The summed E-state index contributed by atoms with van der Waals surface area (Å²) in [5, 5.41) is 9.50. The predicted octanol–water partition coefficient (Wildman–Crippen LogP) is 4.11. The van der Waals surface area contributed by atoms with E-state index in [1.807, 2.05) is 6.07 Å². The van der Waals surface area contributed by atoms with Gasteiger partial charge in [0.2, 0.25) is 5.91 Å². The molecule has 0 unspecified atom stereocenters. The van der Waals surface area contributed by atoms with Gasteiger partial charge in [-0.1, -0.05) is 28.1 Å². The van der Waals surface area contributed by atoms with Crippen molar-refractivity contribution in [3.05, 3.63) is 34.3 Å². The fourth-order valence-electron chi connectivity index (χ4n) is 3.00. The minimum absolute atomic E-state index is 0.199. The van der Waals surface area contributed by atoms with Crippen molar-refractivity contribution < 1.29 is 18.0 Å². The van der Waals surface area contributed by atoms with Crippen LogP contribution in [0.25, 0.3) is 0 Å². The van der Waals surface area contributed by atoms with E-state index in [4.69, 9.17) is 5.73 Å². The monoisotopic (exact) mass is 431 g/mol. The van der Waals surface area contributed by atoms with Gasteiger partial charge in [-0.15, -0.1) is 0 Å². The molecule has 1 aromatic rings. The first-order valence-corrected chi connectivity index (χ1v) is 9.02. The van der Waals surface area contributed by atoms with Gasteiger partial charge in [0, 0.05) is 10.9 Å². The van der Waals surface area contributed by atoms with Gasteiger partial charge in [0.1, 0.15) is 17.2 Å². The Balaban J connectivity index is 2.44. The number of carbonyl (C=O) groups excluding carboxylic acids is 1. The van der Waals surface area contributed by atoms with Crippen LogP contribution in [0.1, 0.15) is 44.7 Å². The van der Waals surface area contributed by atoms with Crippen molar-refractivity contribution in [1.82, 2.24) is 4.90 Å². The minimum atomic E-state index is -2.92. The standard InChI is InChI=1S/C18H21BrF3N3O/c1-17(2,22)9-13(24)16(26)25(18(10-23)7-8-18)14(15(20)21)11-3-5-12(19)6-4-11/h3-6,13-15H,7-9,24H2,1-2H3/t13-,14-/m0/s1. The number of carbonyl (C=O) groups is 1. The average molecular weight is 432 g/mol. The zero-order valence-corrected chi connectivity index (χ0v) is 16.1. The Morgan fingerprint density at radius 2 is 1.92 bits per heavy atom. The highest BCUT2D eigenvalue weighted by Crippen LogP contribution is 2.47. The second-order valence-electron chi connectivity index (χ2n) is 7.21. The number of hydrogen-bond acceptors (Lipinski definition) is 3. The molecule has 0 saturated heterocycles. The quantitative estimate of drug-likeness (QED) is 0.705. The Morgan fingerprint density at radius 3 is 2.31 bits per heavy atom. The number of amides is 1. The van der Waals surface area contributed by atoms with E-state index in [9.17, 15) is 23.2 Å². The molecular formula is C18H21BrF3N3O. The summed E-state index contributed by atoms with van der Waals surface area (Å²) in [6.45, 7) is 2.53. The van der Waals surface area contributed by atoms with E-state index in [1.165, 1.54) is 26.0 Å². The fourth-order valence-corrected chi connectivity index (χ4v) is 3.26. The van der Waals surface area contributed by atoms with Crippen molar-refractivity contribution in [2.75, 3.05) is 0 Å². The molecule has 0 bridgehead atoms. The lowest BCUT2D eigenvalue weighted by Crippen LogP contribution is -2.53. The van der Waals surface area contributed by atoms with Crippen LogP contribution >= 0.6 is 15.9 Å². The van der Waals surface area contributed by atoms with Crippen molar-refractivity contribution in [2.45, 2.75) is 62.8 Å². The van der Waals surface area contributed by atoms with E-state index < -0.39 is 35.6 Å². The van der Waals surface area contributed by atoms with Crippen molar-refractivity contribution in [1.29, 1.82) is 5.26 Å². The summed E-state index contributed by atoms with van der Waals surface area (Å²) < 4.78 is 42.5. The molecule has 0 spiro atoms. The predicted molar refractivity (Wildman–Crippen MR) is 95.1 cm³/mol. The summed E-state index contributed by atoms with van der Waals surface area (Å²) in [5.41, 5.74) is 2.98. The van der Waals surface area contributed by atoms with E-state index in [0.717, 1.165) is 4.90 Å². The van der Waals surface area contributed by atoms with E-state index in [0.29, 0.717) is 17.3 Å². The summed E-state index contributed by atoms with van der Waals surface area (Å²) in [4.78, 5) is 13.8. The zero-order valence-electron chi connectivity index (χ0n) is 14.6. The molecule has 2 N–H and O–H groups in total. The second kappa shape index (κ2) is 7.57. The van der Waals surface area contributed by atoms with Crippen LogP contribution in [-0.2, 0) is 4.79 Å². The van der Waals surface area contributed by atoms with Gasteiger partial charge < -0.3 is 10.6 Å². The molecule has 1 amide bonds. The first-order chi connectivity index (χ1) is 12.0. The van der Waals surface area contributed by atoms with Crippen LogP contribution in [0, 0.1) is 11.3 Å². The number of nitrogens with zero attached hydrogens (tertiary/aromatic N) is 2. The number of rotatable bonds is 7. The third-order valence-electron chi connectivity index (χ3n) is 4.38. The number of alkyl halides is 3. The minimum Gasteiger partial charge on any atom is -0.320 e. The molecule has 0 radical (unpaired) electrons. The van der Waals surface area contributed by atoms with E-state index >= 15 is 0 Å². The van der Waals surface area contributed by atoms with Crippen LogP contribution < -0.4 is 5.73 Å². The largest absolute Gasteiger partial charge is 0.320 e. The van der Waals surface area contributed by atoms with Gasteiger partial charge in [-0.3, -0.25) is 4.79 Å². The number of halogens is 4. The highest BCUT2D eigenvalue weighted by molar-refractivity contribution is 9.10. The maximum absolute atomic E-state index is 14.0. The molecule has 142 valence electrons. The van der Waals surface area contributed by atoms with Gasteiger partial charge in [-0.25, -0.2) is 13.2 Å². The van der Waals surface area contributed by atoms with Crippen molar-refractivity contribution in [2.24, 2.45) is 5.73 Å². The topological polar surface area (TPSA) is 70.1 Å².